The van der Waals surface area contributed by atoms with Gasteiger partial charge in [-0.2, -0.15) is 0 Å². The van der Waals surface area contributed by atoms with Crippen LogP contribution in [-0.4, -0.2) is 3.71 Å². The fourth-order valence-electron chi connectivity index (χ4n) is 5.19. The fourth-order valence-corrected chi connectivity index (χ4v) is 14.3. The summed E-state index contributed by atoms with van der Waals surface area (Å²) in [4.78, 5) is 0. The molecule has 0 aromatic carbocycles. The molecule has 0 N–H and O–H groups in total. The van der Waals surface area contributed by atoms with E-state index < -0.39 is 21.3 Å². The summed E-state index contributed by atoms with van der Waals surface area (Å²) in [7, 11) is 0. The van der Waals surface area contributed by atoms with E-state index in [9.17, 15) is 0 Å². The first-order valence-electron chi connectivity index (χ1n) is 8.77. The Labute approximate surface area is 136 Å². The summed E-state index contributed by atoms with van der Waals surface area (Å²) < 4.78 is 4.77. The maximum absolute atomic E-state index is 2.74. The normalized spacial score (nSPS) is 36.8. The molecule has 0 heterocycles. The fraction of sp³-hybridized carbons (Fsp3) is 0.550. The van der Waals surface area contributed by atoms with Crippen LogP contribution in [0.25, 0.3) is 0 Å². The first-order valence-corrected chi connectivity index (χ1v) is 13.0. The van der Waals surface area contributed by atoms with Crippen LogP contribution in [-0.2, 0) is 21.3 Å². The molecule has 4 atom stereocenters. The summed E-state index contributed by atoms with van der Waals surface area (Å²) in [5.74, 6) is 1.82. The summed E-state index contributed by atoms with van der Waals surface area (Å²) in [6, 6.07) is 0. The van der Waals surface area contributed by atoms with E-state index in [1.54, 1.807) is 0 Å². The van der Waals surface area contributed by atoms with Crippen molar-refractivity contribution in [2.24, 2.45) is 11.8 Å². The second-order valence-electron chi connectivity index (χ2n) is 7.10. The zero-order valence-electron chi connectivity index (χ0n) is 13.1. The molecule has 4 aliphatic carbocycles. The predicted octanol–water partition coefficient (Wildman–Crippen LogP) is 5.60. The van der Waals surface area contributed by atoms with Crippen LogP contribution in [0.5, 0.6) is 0 Å². The van der Waals surface area contributed by atoms with Gasteiger partial charge in [0.05, 0.1) is 0 Å². The molecule has 0 aromatic heterocycles. The summed E-state index contributed by atoms with van der Waals surface area (Å²) in [6.45, 7) is 2.40. The van der Waals surface area contributed by atoms with Gasteiger partial charge < -0.3 is 0 Å². The minimum atomic E-state index is -1.50. The standard InChI is InChI=1S/2C9H11.C2H4.Zr/c2*1-2-5-9-7-3-6-8(9)4-1;1-2;/h2*1-2,4,6,9H,3,5,7H2;1H,2H3;. The van der Waals surface area contributed by atoms with Crippen LogP contribution < -0.4 is 0 Å². The van der Waals surface area contributed by atoms with E-state index in [-0.39, 0.29) is 0 Å². The number of hydrogen-bond acceptors (Lipinski definition) is 0. The third-order valence-electron chi connectivity index (χ3n) is 6.18. The van der Waals surface area contributed by atoms with Crippen LogP contribution in [0.1, 0.15) is 45.4 Å². The number of hydrogen-bond donors (Lipinski definition) is 0. The van der Waals surface area contributed by atoms with Gasteiger partial charge in [-0.3, -0.25) is 0 Å². The predicted molar refractivity (Wildman–Crippen MR) is 88.4 cm³/mol. The third-order valence-corrected chi connectivity index (χ3v) is 14.8. The van der Waals surface area contributed by atoms with E-state index in [0.717, 1.165) is 19.1 Å². The minimum absolute atomic E-state index is 0.910. The molecule has 0 aromatic rings. The van der Waals surface area contributed by atoms with E-state index in [1.165, 1.54) is 38.5 Å². The zero-order valence-corrected chi connectivity index (χ0v) is 15.6. The van der Waals surface area contributed by atoms with Gasteiger partial charge in [0.15, 0.2) is 0 Å². The molecule has 1 heteroatoms. The van der Waals surface area contributed by atoms with Crippen molar-refractivity contribution in [3.05, 3.63) is 47.6 Å². The van der Waals surface area contributed by atoms with Gasteiger partial charge in [-0.1, -0.05) is 0 Å². The van der Waals surface area contributed by atoms with E-state index in [2.05, 4.69) is 47.1 Å². The molecule has 4 aliphatic rings. The monoisotopic (exact) mass is 356 g/mol. The van der Waals surface area contributed by atoms with Crippen molar-refractivity contribution in [3.63, 3.8) is 0 Å². The molecule has 0 bridgehead atoms. The summed E-state index contributed by atoms with van der Waals surface area (Å²) >= 11 is -1.50. The van der Waals surface area contributed by atoms with Gasteiger partial charge in [0.1, 0.15) is 0 Å². The van der Waals surface area contributed by atoms with Crippen molar-refractivity contribution in [1.82, 2.24) is 0 Å². The van der Waals surface area contributed by atoms with E-state index in [1.807, 2.05) is 11.1 Å². The molecule has 4 unspecified atom stereocenters. The summed E-state index contributed by atoms with van der Waals surface area (Å²) in [6.07, 6.45) is 23.0. The SMILES string of the molecule is C[CH]=[Zr]([CH]1CCC2CC=CC=C21)[CH]1CCC2CC=CC=C21. The van der Waals surface area contributed by atoms with Crippen molar-refractivity contribution in [3.8, 4) is 0 Å². The quantitative estimate of drug-likeness (QED) is 0.604. The molecule has 21 heavy (non-hydrogen) atoms. The van der Waals surface area contributed by atoms with Crippen molar-refractivity contribution < 1.29 is 21.3 Å². The van der Waals surface area contributed by atoms with Crippen LogP contribution in [0, 0.1) is 11.8 Å². The maximum atomic E-state index is 2.74. The molecule has 0 amide bonds. The van der Waals surface area contributed by atoms with Gasteiger partial charge in [0, 0.05) is 0 Å². The third kappa shape index (κ3) is 2.50. The van der Waals surface area contributed by atoms with Crippen molar-refractivity contribution >= 4 is 3.71 Å². The van der Waals surface area contributed by atoms with Gasteiger partial charge in [0.2, 0.25) is 0 Å². The molecule has 2 fully saturated rings. The van der Waals surface area contributed by atoms with Crippen LogP contribution in [0.2, 0.25) is 7.25 Å². The van der Waals surface area contributed by atoms with Crippen LogP contribution in [0.4, 0.5) is 0 Å². The van der Waals surface area contributed by atoms with Crippen molar-refractivity contribution in [1.29, 1.82) is 0 Å². The number of fused-ring (bicyclic) bond motifs is 2. The van der Waals surface area contributed by atoms with Crippen molar-refractivity contribution in [2.75, 3.05) is 0 Å². The Morgan fingerprint density at radius 3 is 1.86 bits per heavy atom. The van der Waals surface area contributed by atoms with Crippen molar-refractivity contribution in [2.45, 2.75) is 52.7 Å². The van der Waals surface area contributed by atoms with Gasteiger partial charge in [0.25, 0.3) is 0 Å². The summed E-state index contributed by atoms with van der Waals surface area (Å²) in [5.41, 5.74) is 3.72. The van der Waals surface area contributed by atoms with Crippen LogP contribution in [0.3, 0.4) is 0 Å². The van der Waals surface area contributed by atoms with Crippen LogP contribution in [0.15, 0.2) is 47.6 Å². The molecule has 0 radical (unpaired) electrons. The van der Waals surface area contributed by atoms with Gasteiger partial charge in [-0.25, -0.2) is 0 Å². The number of allylic oxidation sites excluding steroid dienone is 8. The molecular weight excluding hydrogens is 331 g/mol. The molecule has 2 saturated carbocycles. The van der Waals surface area contributed by atoms with E-state index >= 15 is 0 Å². The average molecular weight is 358 g/mol. The molecule has 0 aliphatic heterocycles. The second-order valence-corrected chi connectivity index (χ2v) is 14.4. The average Bonchev–Trinajstić information content (AvgIpc) is 3.14. The van der Waals surface area contributed by atoms with E-state index in [4.69, 9.17) is 0 Å². The molecule has 0 saturated heterocycles. The number of rotatable bonds is 2. The molecule has 0 spiro atoms. The Hall–Kier alpha value is -0.287. The zero-order chi connectivity index (χ0) is 14.2. The van der Waals surface area contributed by atoms with Gasteiger partial charge in [-0.15, -0.1) is 0 Å². The van der Waals surface area contributed by atoms with Gasteiger partial charge >= 0.3 is 137 Å². The Morgan fingerprint density at radius 1 is 0.857 bits per heavy atom. The topological polar surface area (TPSA) is 0 Å². The Morgan fingerprint density at radius 2 is 1.38 bits per heavy atom. The van der Waals surface area contributed by atoms with E-state index in [0.29, 0.717) is 0 Å². The summed E-state index contributed by atoms with van der Waals surface area (Å²) in [5, 5.41) is 0. The Balaban J connectivity index is 1.64. The first-order chi connectivity index (χ1) is 10.4. The van der Waals surface area contributed by atoms with Gasteiger partial charge in [-0.05, 0) is 0 Å². The van der Waals surface area contributed by atoms with Crippen LogP contribution >= 0.6 is 0 Å². The molecular formula is C20H26Zr. The Bertz CT molecular complexity index is 525. The molecule has 110 valence electrons. The molecule has 0 nitrogen and oxygen atoms in total. The second kappa shape index (κ2) is 6.07. The Kier molecular flexibility index (Phi) is 4.14. The first kappa shape index (κ1) is 14.3. The molecule has 4 rings (SSSR count).